The molecule has 18 heavy (non-hydrogen) atoms. The molecule has 2 N–H and O–H groups in total. The molecule has 1 aromatic rings. The summed E-state index contributed by atoms with van der Waals surface area (Å²) >= 11 is 0. The molecule has 0 amide bonds. The van der Waals surface area contributed by atoms with Crippen LogP contribution in [-0.2, 0) is 6.54 Å². The van der Waals surface area contributed by atoms with Crippen LogP contribution in [0.2, 0.25) is 0 Å². The number of hydrogen-bond acceptors (Lipinski definition) is 2. The van der Waals surface area contributed by atoms with Crippen LogP contribution < -0.4 is 5.73 Å². The van der Waals surface area contributed by atoms with Crippen LogP contribution >= 0.6 is 0 Å². The maximum atomic E-state index is 5.85. The molecular weight excluding hydrogens is 220 g/mol. The lowest BCUT2D eigenvalue weighted by molar-refractivity contribution is 0.190. The van der Waals surface area contributed by atoms with Crippen LogP contribution in [0.25, 0.3) is 0 Å². The summed E-state index contributed by atoms with van der Waals surface area (Å²) < 4.78 is 0. The maximum absolute atomic E-state index is 5.85. The molecule has 0 aliphatic rings. The van der Waals surface area contributed by atoms with E-state index in [-0.39, 0.29) is 0 Å². The number of likely N-dealkylation sites (N-methyl/N-ethyl adjacent to an activating group) is 1. The lowest BCUT2D eigenvalue weighted by atomic mass is 10.00. The van der Waals surface area contributed by atoms with Gasteiger partial charge in [0.1, 0.15) is 0 Å². The second-order valence-electron chi connectivity index (χ2n) is 5.86. The first-order valence-corrected chi connectivity index (χ1v) is 6.94. The van der Waals surface area contributed by atoms with Crippen molar-refractivity contribution in [2.75, 3.05) is 13.6 Å². The van der Waals surface area contributed by atoms with Gasteiger partial charge in [0.2, 0.25) is 0 Å². The Hall–Kier alpha value is -0.860. The fourth-order valence-electron chi connectivity index (χ4n) is 2.37. The average Bonchev–Trinajstić information content (AvgIpc) is 2.29. The zero-order valence-electron chi connectivity index (χ0n) is 12.5. The molecule has 1 atom stereocenters. The van der Waals surface area contributed by atoms with Crippen molar-refractivity contribution >= 4 is 0 Å². The van der Waals surface area contributed by atoms with Crippen LogP contribution in [-0.4, -0.2) is 24.5 Å². The van der Waals surface area contributed by atoms with Crippen LogP contribution in [0.1, 0.15) is 44.7 Å². The van der Waals surface area contributed by atoms with Gasteiger partial charge in [0.15, 0.2) is 0 Å². The van der Waals surface area contributed by atoms with Crippen LogP contribution in [0.15, 0.2) is 24.3 Å². The lowest BCUT2D eigenvalue weighted by Gasteiger charge is -2.30. The molecule has 1 rings (SSSR count). The Bertz CT molecular complexity index is 341. The first kappa shape index (κ1) is 15.2. The number of rotatable bonds is 6. The summed E-state index contributed by atoms with van der Waals surface area (Å²) in [7, 11) is 2.16. The second-order valence-corrected chi connectivity index (χ2v) is 5.86. The Balaban J connectivity index is 2.66. The molecular formula is C16H28N2. The third-order valence-electron chi connectivity index (χ3n) is 3.66. The largest absolute Gasteiger partial charge is 0.329 e. The van der Waals surface area contributed by atoms with Crippen molar-refractivity contribution in [3.05, 3.63) is 35.4 Å². The van der Waals surface area contributed by atoms with Gasteiger partial charge in [-0.15, -0.1) is 0 Å². The van der Waals surface area contributed by atoms with Gasteiger partial charge in [-0.1, -0.05) is 52.0 Å². The minimum atomic E-state index is 0.453. The summed E-state index contributed by atoms with van der Waals surface area (Å²) in [6.07, 6.45) is 0. The van der Waals surface area contributed by atoms with Gasteiger partial charge in [-0.3, -0.25) is 4.90 Å². The van der Waals surface area contributed by atoms with Gasteiger partial charge in [-0.2, -0.15) is 0 Å². The van der Waals surface area contributed by atoms with Crippen LogP contribution in [0.4, 0.5) is 0 Å². The summed E-state index contributed by atoms with van der Waals surface area (Å²) in [6.45, 7) is 10.6. The third-order valence-corrected chi connectivity index (χ3v) is 3.66. The Kier molecular flexibility index (Phi) is 5.83. The Labute approximate surface area is 112 Å². The average molecular weight is 248 g/mol. The summed E-state index contributed by atoms with van der Waals surface area (Å²) in [4.78, 5) is 2.36. The molecule has 102 valence electrons. The quantitative estimate of drug-likeness (QED) is 0.837. The standard InChI is InChI=1S/C16H28N2/c1-12(2)15-8-6-14(7-9-15)11-18(5)16(10-17)13(3)4/h6-9,12-13,16H,10-11,17H2,1-5H3. The van der Waals surface area contributed by atoms with E-state index in [2.05, 4.69) is 63.9 Å². The molecule has 0 fully saturated rings. The lowest BCUT2D eigenvalue weighted by Crippen LogP contribution is -2.41. The van der Waals surface area contributed by atoms with Crippen LogP contribution in [0, 0.1) is 5.92 Å². The van der Waals surface area contributed by atoms with E-state index in [9.17, 15) is 0 Å². The van der Waals surface area contributed by atoms with Gasteiger partial charge in [0.25, 0.3) is 0 Å². The highest BCUT2D eigenvalue weighted by Gasteiger charge is 2.16. The maximum Gasteiger partial charge on any atom is 0.0241 e. The van der Waals surface area contributed by atoms with Gasteiger partial charge < -0.3 is 5.73 Å². The molecule has 0 saturated heterocycles. The first-order valence-electron chi connectivity index (χ1n) is 6.94. The van der Waals surface area contributed by atoms with E-state index in [0.717, 1.165) is 13.1 Å². The van der Waals surface area contributed by atoms with E-state index in [1.807, 2.05) is 0 Å². The van der Waals surface area contributed by atoms with Crippen LogP contribution in [0.5, 0.6) is 0 Å². The Morgan fingerprint density at radius 3 is 2.00 bits per heavy atom. The number of hydrogen-bond donors (Lipinski definition) is 1. The molecule has 2 heteroatoms. The molecule has 0 heterocycles. The second kappa shape index (κ2) is 6.91. The highest BCUT2D eigenvalue weighted by molar-refractivity contribution is 5.24. The van der Waals surface area contributed by atoms with Crippen molar-refractivity contribution in [3.8, 4) is 0 Å². The van der Waals surface area contributed by atoms with E-state index in [4.69, 9.17) is 5.73 Å². The van der Waals surface area contributed by atoms with Crippen molar-refractivity contribution in [2.45, 2.75) is 46.2 Å². The van der Waals surface area contributed by atoms with Crippen LogP contribution in [0.3, 0.4) is 0 Å². The molecule has 0 radical (unpaired) electrons. The molecule has 0 aliphatic heterocycles. The van der Waals surface area contributed by atoms with E-state index in [0.29, 0.717) is 17.9 Å². The zero-order chi connectivity index (χ0) is 13.7. The topological polar surface area (TPSA) is 29.3 Å². The van der Waals surface area contributed by atoms with Crippen molar-refractivity contribution in [1.29, 1.82) is 0 Å². The first-order chi connectivity index (χ1) is 8.45. The third kappa shape index (κ3) is 4.11. The summed E-state index contributed by atoms with van der Waals surface area (Å²) in [5.74, 6) is 1.19. The monoisotopic (exact) mass is 248 g/mol. The van der Waals surface area contributed by atoms with Gasteiger partial charge in [0.05, 0.1) is 0 Å². The van der Waals surface area contributed by atoms with Crippen molar-refractivity contribution in [2.24, 2.45) is 11.7 Å². The summed E-state index contributed by atoms with van der Waals surface area (Å²) in [5, 5.41) is 0. The SMILES string of the molecule is CC(C)c1ccc(CN(C)C(CN)C(C)C)cc1. The highest BCUT2D eigenvalue weighted by Crippen LogP contribution is 2.17. The minimum Gasteiger partial charge on any atom is -0.329 e. The van der Waals surface area contributed by atoms with Crippen molar-refractivity contribution in [1.82, 2.24) is 4.90 Å². The van der Waals surface area contributed by atoms with Gasteiger partial charge in [-0.25, -0.2) is 0 Å². The fourth-order valence-corrected chi connectivity index (χ4v) is 2.37. The Morgan fingerprint density at radius 2 is 1.61 bits per heavy atom. The Morgan fingerprint density at radius 1 is 1.06 bits per heavy atom. The molecule has 0 aromatic heterocycles. The predicted octanol–water partition coefficient (Wildman–Crippen LogP) is 3.23. The molecule has 0 aliphatic carbocycles. The molecule has 2 nitrogen and oxygen atoms in total. The van der Waals surface area contributed by atoms with E-state index < -0.39 is 0 Å². The minimum absolute atomic E-state index is 0.453. The van der Waals surface area contributed by atoms with Gasteiger partial charge >= 0.3 is 0 Å². The highest BCUT2D eigenvalue weighted by atomic mass is 15.1. The van der Waals surface area contributed by atoms with E-state index >= 15 is 0 Å². The molecule has 0 spiro atoms. The van der Waals surface area contributed by atoms with E-state index in [1.165, 1.54) is 11.1 Å². The summed E-state index contributed by atoms with van der Waals surface area (Å²) in [5.41, 5.74) is 8.62. The molecule has 0 saturated carbocycles. The smallest absolute Gasteiger partial charge is 0.0241 e. The molecule has 1 unspecified atom stereocenters. The van der Waals surface area contributed by atoms with Crippen molar-refractivity contribution in [3.63, 3.8) is 0 Å². The number of benzene rings is 1. The summed E-state index contributed by atoms with van der Waals surface area (Å²) in [6, 6.07) is 9.40. The zero-order valence-corrected chi connectivity index (χ0v) is 12.5. The van der Waals surface area contributed by atoms with Crippen molar-refractivity contribution < 1.29 is 0 Å². The van der Waals surface area contributed by atoms with Gasteiger partial charge in [0, 0.05) is 19.1 Å². The number of nitrogens with zero attached hydrogens (tertiary/aromatic N) is 1. The molecule has 0 bridgehead atoms. The number of nitrogens with two attached hydrogens (primary N) is 1. The van der Waals surface area contributed by atoms with Gasteiger partial charge in [-0.05, 0) is 30.0 Å². The normalized spacial score (nSPS) is 13.6. The molecule has 1 aromatic carbocycles. The fraction of sp³-hybridized carbons (Fsp3) is 0.625. The predicted molar refractivity (Wildman–Crippen MR) is 79.7 cm³/mol. The van der Waals surface area contributed by atoms with E-state index in [1.54, 1.807) is 0 Å².